The van der Waals surface area contributed by atoms with E-state index in [2.05, 4.69) is 0 Å². The van der Waals surface area contributed by atoms with Crippen LogP contribution < -0.4 is 4.74 Å². The third-order valence-corrected chi connectivity index (χ3v) is 3.36. The summed E-state index contributed by atoms with van der Waals surface area (Å²) in [5.41, 5.74) is 1.05. The van der Waals surface area contributed by atoms with Gasteiger partial charge in [0, 0.05) is 10.6 Å². The lowest BCUT2D eigenvalue weighted by atomic mass is 10.1. The highest BCUT2D eigenvalue weighted by atomic mass is 35.5. The Labute approximate surface area is 126 Å². The number of ether oxygens (including phenoxy) is 1. The van der Waals surface area contributed by atoms with Gasteiger partial charge in [-0.25, -0.2) is 4.39 Å². The van der Waals surface area contributed by atoms with E-state index >= 15 is 0 Å². The van der Waals surface area contributed by atoms with E-state index in [1.54, 1.807) is 25.1 Å². The molecule has 1 N–H and O–H groups in total. The fourth-order valence-corrected chi connectivity index (χ4v) is 2.14. The van der Waals surface area contributed by atoms with E-state index in [1.807, 2.05) is 0 Å². The van der Waals surface area contributed by atoms with Crippen molar-refractivity contribution >= 4 is 23.2 Å². The SMILES string of the molecule is C[C@H](O)c1ccc(OCc2cc(Cl)ccc2F)c(Cl)c1. The first kappa shape index (κ1) is 15.1. The van der Waals surface area contributed by atoms with E-state index in [1.165, 1.54) is 18.2 Å². The Morgan fingerprint density at radius 2 is 1.95 bits per heavy atom. The summed E-state index contributed by atoms with van der Waals surface area (Å²) in [5, 5.41) is 10.3. The van der Waals surface area contributed by atoms with Crippen LogP contribution in [0, 0.1) is 5.82 Å². The standard InChI is InChI=1S/C15H13Cl2FO2/c1-9(19)10-2-5-15(13(17)7-10)20-8-11-6-12(16)3-4-14(11)18/h2-7,9,19H,8H2,1H3/t9-/m0/s1. The number of hydrogen-bond acceptors (Lipinski definition) is 2. The van der Waals surface area contributed by atoms with Gasteiger partial charge in [-0.1, -0.05) is 29.3 Å². The monoisotopic (exact) mass is 314 g/mol. The van der Waals surface area contributed by atoms with Crippen LogP contribution in [-0.2, 0) is 6.61 Å². The van der Waals surface area contributed by atoms with Crippen molar-refractivity contribution in [3.05, 3.63) is 63.4 Å². The maximum absolute atomic E-state index is 13.5. The van der Waals surface area contributed by atoms with Gasteiger partial charge in [0.1, 0.15) is 18.2 Å². The second-order valence-electron chi connectivity index (χ2n) is 4.39. The molecule has 0 saturated heterocycles. The fourth-order valence-electron chi connectivity index (χ4n) is 1.70. The van der Waals surface area contributed by atoms with Gasteiger partial charge in [0.2, 0.25) is 0 Å². The van der Waals surface area contributed by atoms with Gasteiger partial charge in [0.15, 0.2) is 0 Å². The number of benzene rings is 2. The summed E-state index contributed by atoms with van der Waals surface area (Å²) in [5.74, 6) is 0.0431. The molecule has 0 spiro atoms. The molecular weight excluding hydrogens is 302 g/mol. The fraction of sp³-hybridized carbons (Fsp3) is 0.200. The van der Waals surface area contributed by atoms with Crippen molar-refractivity contribution in [1.29, 1.82) is 0 Å². The second-order valence-corrected chi connectivity index (χ2v) is 5.23. The summed E-state index contributed by atoms with van der Waals surface area (Å²) < 4.78 is 19.0. The summed E-state index contributed by atoms with van der Waals surface area (Å²) >= 11 is 11.9. The number of hydrogen-bond donors (Lipinski definition) is 1. The molecule has 0 saturated carbocycles. The lowest BCUT2D eigenvalue weighted by Crippen LogP contribution is -2.00. The predicted octanol–water partition coefficient (Wildman–Crippen LogP) is 4.76. The summed E-state index contributed by atoms with van der Waals surface area (Å²) in [6.07, 6.45) is -0.605. The van der Waals surface area contributed by atoms with E-state index in [-0.39, 0.29) is 12.4 Å². The highest BCUT2D eigenvalue weighted by molar-refractivity contribution is 6.32. The average Bonchev–Trinajstić information content (AvgIpc) is 2.40. The molecule has 0 aliphatic heterocycles. The van der Waals surface area contributed by atoms with Gasteiger partial charge in [0.05, 0.1) is 11.1 Å². The average molecular weight is 315 g/mol. The van der Waals surface area contributed by atoms with Gasteiger partial charge in [-0.2, -0.15) is 0 Å². The zero-order chi connectivity index (χ0) is 14.7. The van der Waals surface area contributed by atoms with E-state index in [0.717, 1.165) is 0 Å². The van der Waals surface area contributed by atoms with Crippen LogP contribution in [0.15, 0.2) is 36.4 Å². The van der Waals surface area contributed by atoms with Gasteiger partial charge in [-0.15, -0.1) is 0 Å². The first-order chi connectivity index (χ1) is 9.47. The Kier molecular flexibility index (Phi) is 4.86. The Hall–Kier alpha value is -1.29. The highest BCUT2D eigenvalue weighted by Crippen LogP contribution is 2.29. The molecule has 0 radical (unpaired) electrons. The van der Waals surface area contributed by atoms with E-state index in [0.29, 0.717) is 26.9 Å². The molecule has 0 aliphatic rings. The molecule has 1 atom stereocenters. The molecule has 20 heavy (non-hydrogen) atoms. The molecule has 5 heteroatoms. The van der Waals surface area contributed by atoms with Crippen molar-refractivity contribution in [2.24, 2.45) is 0 Å². The number of aliphatic hydroxyl groups is 1. The quantitative estimate of drug-likeness (QED) is 0.881. The summed E-state index contributed by atoms with van der Waals surface area (Å²) in [4.78, 5) is 0. The topological polar surface area (TPSA) is 29.5 Å². The Morgan fingerprint density at radius 3 is 2.60 bits per heavy atom. The summed E-state index contributed by atoms with van der Waals surface area (Å²) in [6, 6.07) is 9.25. The molecule has 0 heterocycles. The molecular formula is C15H13Cl2FO2. The van der Waals surface area contributed by atoms with E-state index < -0.39 is 6.10 Å². The number of aliphatic hydroxyl groups excluding tert-OH is 1. The third kappa shape index (κ3) is 3.63. The molecule has 0 amide bonds. The van der Waals surface area contributed by atoms with Crippen molar-refractivity contribution in [3.8, 4) is 5.75 Å². The second kappa shape index (κ2) is 6.44. The minimum absolute atomic E-state index is 0.0279. The molecule has 0 bridgehead atoms. The Balaban J connectivity index is 2.13. The smallest absolute Gasteiger partial charge is 0.138 e. The van der Waals surface area contributed by atoms with E-state index in [4.69, 9.17) is 27.9 Å². The van der Waals surface area contributed by atoms with Crippen LogP contribution >= 0.6 is 23.2 Å². The largest absolute Gasteiger partial charge is 0.487 e. The highest BCUT2D eigenvalue weighted by Gasteiger charge is 2.09. The Morgan fingerprint density at radius 1 is 1.20 bits per heavy atom. The van der Waals surface area contributed by atoms with Crippen LogP contribution in [0.25, 0.3) is 0 Å². The minimum Gasteiger partial charge on any atom is -0.487 e. The molecule has 0 fully saturated rings. The predicted molar refractivity (Wildman–Crippen MR) is 77.8 cm³/mol. The lowest BCUT2D eigenvalue weighted by Gasteiger charge is -2.11. The van der Waals surface area contributed by atoms with Crippen molar-refractivity contribution in [3.63, 3.8) is 0 Å². The molecule has 0 unspecified atom stereocenters. The number of rotatable bonds is 4. The Bertz CT molecular complexity index is 615. The van der Waals surface area contributed by atoms with E-state index in [9.17, 15) is 9.50 Å². The van der Waals surface area contributed by atoms with Gasteiger partial charge in [-0.05, 0) is 42.8 Å². The van der Waals surface area contributed by atoms with Crippen molar-refractivity contribution in [1.82, 2.24) is 0 Å². The maximum atomic E-state index is 13.5. The molecule has 2 aromatic rings. The van der Waals surface area contributed by atoms with Gasteiger partial charge < -0.3 is 9.84 Å². The summed E-state index contributed by atoms with van der Waals surface area (Å²) in [6.45, 7) is 1.67. The van der Waals surface area contributed by atoms with Crippen LogP contribution in [0.2, 0.25) is 10.0 Å². The van der Waals surface area contributed by atoms with Crippen LogP contribution in [0.3, 0.4) is 0 Å². The minimum atomic E-state index is -0.605. The van der Waals surface area contributed by atoms with Crippen LogP contribution in [0.1, 0.15) is 24.2 Å². The van der Waals surface area contributed by atoms with Crippen molar-refractivity contribution in [2.75, 3.05) is 0 Å². The van der Waals surface area contributed by atoms with Crippen molar-refractivity contribution < 1.29 is 14.2 Å². The first-order valence-corrected chi connectivity index (χ1v) is 6.77. The van der Waals surface area contributed by atoms with Crippen LogP contribution in [0.4, 0.5) is 4.39 Å². The first-order valence-electron chi connectivity index (χ1n) is 6.01. The van der Waals surface area contributed by atoms with Crippen molar-refractivity contribution in [2.45, 2.75) is 19.6 Å². The normalized spacial score (nSPS) is 12.2. The van der Waals surface area contributed by atoms with Crippen LogP contribution in [0.5, 0.6) is 5.75 Å². The van der Waals surface area contributed by atoms with Gasteiger partial charge in [0.25, 0.3) is 0 Å². The van der Waals surface area contributed by atoms with Gasteiger partial charge in [-0.3, -0.25) is 0 Å². The molecule has 0 aromatic heterocycles. The molecule has 2 rings (SSSR count). The molecule has 2 aromatic carbocycles. The lowest BCUT2D eigenvalue weighted by molar-refractivity contribution is 0.199. The van der Waals surface area contributed by atoms with Crippen LogP contribution in [-0.4, -0.2) is 5.11 Å². The maximum Gasteiger partial charge on any atom is 0.138 e. The molecule has 0 aliphatic carbocycles. The van der Waals surface area contributed by atoms with Gasteiger partial charge >= 0.3 is 0 Å². The zero-order valence-corrected chi connectivity index (χ0v) is 12.2. The number of halogens is 3. The molecule has 2 nitrogen and oxygen atoms in total. The molecule has 106 valence electrons. The zero-order valence-electron chi connectivity index (χ0n) is 10.7. The third-order valence-electron chi connectivity index (χ3n) is 2.83. The summed E-state index contributed by atoms with van der Waals surface area (Å²) in [7, 11) is 0.